The van der Waals surface area contributed by atoms with Gasteiger partial charge in [-0.1, -0.05) is 0 Å². The SMILES string of the molecule is C=C/C=C\[CH]=[Pt]. The molecule has 0 spiro atoms. The first-order chi connectivity index (χ1) is 2.91. The molecule has 0 bridgehead atoms. The zero-order chi connectivity index (χ0) is 4.83. The summed E-state index contributed by atoms with van der Waals surface area (Å²) in [5.41, 5.74) is 0. The van der Waals surface area contributed by atoms with Crippen LogP contribution in [-0.2, 0) is 19.4 Å². The fourth-order valence-corrected chi connectivity index (χ4v) is 0.366. The van der Waals surface area contributed by atoms with Gasteiger partial charge in [0, 0.05) is 0 Å². The van der Waals surface area contributed by atoms with E-state index in [0.717, 1.165) is 0 Å². The van der Waals surface area contributed by atoms with E-state index in [1.807, 2.05) is 16.6 Å². The Morgan fingerprint density at radius 1 is 1.33 bits per heavy atom. The van der Waals surface area contributed by atoms with Gasteiger partial charge in [0.15, 0.2) is 0 Å². The van der Waals surface area contributed by atoms with E-state index in [0.29, 0.717) is 0 Å². The van der Waals surface area contributed by atoms with Crippen LogP contribution in [-0.4, -0.2) is 4.40 Å². The van der Waals surface area contributed by atoms with Crippen molar-refractivity contribution in [2.75, 3.05) is 0 Å². The zero-order valence-electron chi connectivity index (χ0n) is 3.33. The third-order valence-corrected chi connectivity index (χ3v) is 0.745. The predicted molar refractivity (Wildman–Crippen MR) is 25.4 cm³/mol. The van der Waals surface area contributed by atoms with Gasteiger partial charge in [-0.15, -0.1) is 0 Å². The van der Waals surface area contributed by atoms with Crippen LogP contribution in [0.3, 0.4) is 0 Å². The molecule has 0 aliphatic carbocycles. The summed E-state index contributed by atoms with van der Waals surface area (Å²) < 4.78 is 1.93. The summed E-state index contributed by atoms with van der Waals surface area (Å²) in [5.74, 6) is 0. The molecule has 0 unspecified atom stereocenters. The maximum atomic E-state index is 3.49. The summed E-state index contributed by atoms with van der Waals surface area (Å²) in [6.07, 6.45) is 5.55. The molecule has 0 aromatic carbocycles. The van der Waals surface area contributed by atoms with Crippen LogP contribution in [0.5, 0.6) is 0 Å². The van der Waals surface area contributed by atoms with Crippen LogP contribution < -0.4 is 0 Å². The third-order valence-electron chi connectivity index (χ3n) is 0.308. The molecule has 0 aromatic heterocycles. The van der Waals surface area contributed by atoms with Gasteiger partial charge in [-0.25, -0.2) is 0 Å². The Kier molecular flexibility index (Phi) is 5.07. The van der Waals surface area contributed by atoms with Gasteiger partial charge in [0.1, 0.15) is 0 Å². The molecule has 0 aromatic rings. The Morgan fingerprint density at radius 2 is 2.00 bits per heavy atom. The van der Waals surface area contributed by atoms with Gasteiger partial charge in [-0.2, -0.15) is 0 Å². The molecule has 0 atom stereocenters. The second-order valence-corrected chi connectivity index (χ2v) is 1.48. The van der Waals surface area contributed by atoms with E-state index >= 15 is 0 Å². The van der Waals surface area contributed by atoms with E-state index in [4.69, 9.17) is 0 Å². The Hall–Kier alpha value is 0.0383. The van der Waals surface area contributed by atoms with Gasteiger partial charge in [-0.05, 0) is 0 Å². The molecule has 0 nitrogen and oxygen atoms in total. The van der Waals surface area contributed by atoms with Crippen LogP contribution in [0.15, 0.2) is 24.8 Å². The van der Waals surface area contributed by atoms with Gasteiger partial charge in [0.2, 0.25) is 0 Å². The second-order valence-electron chi connectivity index (χ2n) is 0.726. The van der Waals surface area contributed by atoms with Crippen molar-refractivity contribution in [2.45, 2.75) is 0 Å². The van der Waals surface area contributed by atoms with Crippen molar-refractivity contribution in [3.63, 3.8) is 0 Å². The Bertz CT molecular complexity index is 62.0. The van der Waals surface area contributed by atoms with Gasteiger partial charge in [0.05, 0.1) is 0 Å². The zero-order valence-corrected chi connectivity index (χ0v) is 5.60. The normalized spacial score (nSPS) is 9.00. The van der Waals surface area contributed by atoms with Crippen molar-refractivity contribution in [1.29, 1.82) is 0 Å². The summed E-state index contributed by atoms with van der Waals surface area (Å²) in [6, 6.07) is 0. The van der Waals surface area contributed by atoms with Crippen LogP contribution in [0.4, 0.5) is 0 Å². The second kappa shape index (κ2) is 5.04. The van der Waals surface area contributed by atoms with E-state index in [1.54, 1.807) is 6.08 Å². The molecule has 0 aliphatic rings. The average Bonchev–Trinajstić information content (AvgIpc) is 1.61. The first kappa shape index (κ1) is 6.04. The molecule has 0 saturated carbocycles. The summed E-state index contributed by atoms with van der Waals surface area (Å²) in [5, 5.41) is 0. The Morgan fingerprint density at radius 3 is 2.17 bits per heavy atom. The topological polar surface area (TPSA) is 0 Å². The maximum absolute atomic E-state index is 3.49. The molecular formula is C5H6Pt. The van der Waals surface area contributed by atoms with Crippen LogP contribution in [0.1, 0.15) is 0 Å². The molecule has 1 heteroatoms. The van der Waals surface area contributed by atoms with Gasteiger partial charge < -0.3 is 0 Å². The molecular weight excluding hydrogens is 255 g/mol. The first-order valence-electron chi connectivity index (χ1n) is 1.59. The average molecular weight is 261 g/mol. The Labute approximate surface area is 49.0 Å². The third kappa shape index (κ3) is 4.04. The van der Waals surface area contributed by atoms with Crippen molar-refractivity contribution in [3.8, 4) is 0 Å². The van der Waals surface area contributed by atoms with Gasteiger partial charge in [-0.3, -0.25) is 0 Å². The van der Waals surface area contributed by atoms with Crippen LogP contribution in [0, 0.1) is 0 Å². The number of hydrogen-bond donors (Lipinski definition) is 0. The minimum atomic E-state index is 1.75. The number of allylic oxidation sites excluding steroid dienone is 3. The van der Waals surface area contributed by atoms with Crippen molar-refractivity contribution in [2.24, 2.45) is 0 Å². The fourth-order valence-electron chi connectivity index (χ4n) is 0.114. The summed E-state index contributed by atoms with van der Waals surface area (Å²) in [6.45, 7) is 3.49. The summed E-state index contributed by atoms with van der Waals surface area (Å²) >= 11 is 2.14. The first-order valence-corrected chi connectivity index (χ1v) is 2.90. The molecule has 0 heterocycles. The predicted octanol–water partition coefficient (Wildman–Crippen LogP) is 1.08. The standard InChI is InChI=1S/C5H6.Pt/c1-3-5-4-2;/h1,3-5H,2H2;/b5-3-;. The molecule has 0 amide bonds. The number of hydrogen-bond acceptors (Lipinski definition) is 0. The molecule has 0 aliphatic heterocycles. The molecule has 36 valence electrons. The van der Waals surface area contributed by atoms with Crippen LogP contribution in [0.25, 0.3) is 0 Å². The van der Waals surface area contributed by atoms with E-state index in [2.05, 4.69) is 25.9 Å². The minimum absolute atomic E-state index is 1.75. The molecule has 6 heavy (non-hydrogen) atoms. The molecule has 0 N–H and O–H groups in total. The van der Waals surface area contributed by atoms with Crippen molar-refractivity contribution >= 4 is 4.40 Å². The molecule has 0 rings (SSSR count). The summed E-state index contributed by atoms with van der Waals surface area (Å²) in [4.78, 5) is 0. The van der Waals surface area contributed by atoms with Crippen molar-refractivity contribution in [1.82, 2.24) is 0 Å². The van der Waals surface area contributed by atoms with E-state index in [9.17, 15) is 0 Å². The van der Waals surface area contributed by atoms with Gasteiger partial charge in [0.25, 0.3) is 0 Å². The van der Waals surface area contributed by atoms with E-state index < -0.39 is 0 Å². The number of rotatable bonds is 2. The van der Waals surface area contributed by atoms with Gasteiger partial charge >= 0.3 is 48.6 Å². The fraction of sp³-hybridized carbons (Fsp3) is 0. The van der Waals surface area contributed by atoms with Crippen molar-refractivity contribution in [3.05, 3.63) is 24.8 Å². The van der Waals surface area contributed by atoms with E-state index in [1.165, 1.54) is 0 Å². The van der Waals surface area contributed by atoms with Crippen LogP contribution >= 0.6 is 0 Å². The molecule has 0 fully saturated rings. The summed E-state index contributed by atoms with van der Waals surface area (Å²) in [7, 11) is 0. The van der Waals surface area contributed by atoms with Crippen LogP contribution in [0.2, 0.25) is 0 Å². The van der Waals surface area contributed by atoms with Crippen molar-refractivity contribution < 1.29 is 19.4 Å². The molecule has 0 saturated heterocycles. The molecule has 0 radical (unpaired) electrons. The Balaban J connectivity index is 3.17. The van der Waals surface area contributed by atoms with E-state index in [-0.39, 0.29) is 0 Å². The monoisotopic (exact) mass is 261 g/mol. The quantitative estimate of drug-likeness (QED) is 0.652.